The van der Waals surface area contributed by atoms with E-state index in [2.05, 4.69) is 5.32 Å². The maximum absolute atomic E-state index is 13.2. The third kappa shape index (κ3) is 3.53. The normalized spacial score (nSPS) is 17.3. The van der Waals surface area contributed by atoms with E-state index >= 15 is 0 Å². The molecule has 116 valence electrons. The lowest BCUT2D eigenvalue weighted by Crippen LogP contribution is -2.58. The van der Waals surface area contributed by atoms with Gasteiger partial charge in [0, 0.05) is 0 Å². The summed E-state index contributed by atoms with van der Waals surface area (Å²) in [5, 5.41) is 12.8. The fourth-order valence-electron chi connectivity index (χ4n) is 2.45. The van der Waals surface area contributed by atoms with Crippen LogP contribution in [0.3, 0.4) is 0 Å². The van der Waals surface area contributed by atoms with Crippen LogP contribution >= 0.6 is 0 Å². The highest BCUT2D eigenvalue weighted by Crippen LogP contribution is 2.40. The van der Waals surface area contributed by atoms with E-state index in [0.29, 0.717) is 17.9 Å². The van der Waals surface area contributed by atoms with Gasteiger partial charge in [-0.3, -0.25) is 10.1 Å². The third-order valence-corrected chi connectivity index (χ3v) is 3.94. The maximum Gasteiger partial charge on any atom is 0.327 e. The molecule has 0 aliphatic heterocycles. The first-order valence-electron chi connectivity index (χ1n) is 7.37. The van der Waals surface area contributed by atoms with Crippen LogP contribution in [0.1, 0.15) is 31.7 Å². The molecule has 1 fully saturated rings. The van der Waals surface area contributed by atoms with Crippen LogP contribution in [0.15, 0.2) is 18.2 Å². The molecule has 0 aromatic heterocycles. The van der Waals surface area contributed by atoms with Gasteiger partial charge < -0.3 is 9.84 Å². The number of ether oxygens (including phenoxy) is 1. The molecule has 0 bridgehead atoms. The molecule has 1 aromatic rings. The monoisotopic (exact) mass is 295 g/mol. The average Bonchev–Trinajstić information content (AvgIpc) is 3.27. The van der Waals surface area contributed by atoms with Crippen LogP contribution < -0.4 is 10.1 Å². The van der Waals surface area contributed by atoms with E-state index in [1.165, 1.54) is 12.1 Å². The van der Waals surface area contributed by atoms with Crippen molar-refractivity contribution in [2.24, 2.45) is 5.92 Å². The molecule has 1 saturated carbocycles. The van der Waals surface area contributed by atoms with Crippen LogP contribution in [-0.4, -0.2) is 29.8 Å². The van der Waals surface area contributed by atoms with Crippen molar-refractivity contribution >= 4 is 5.97 Å². The van der Waals surface area contributed by atoms with Gasteiger partial charge in [0.1, 0.15) is 18.2 Å². The molecule has 2 N–H and O–H groups in total. The van der Waals surface area contributed by atoms with Gasteiger partial charge in [-0.2, -0.15) is 0 Å². The number of aryl methyl sites for hydroxylation is 1. The van der Waals surface area contributed by atoms with E-state index in [-0.39, 0.29) is 18.3 Å². The van der Waals surface area contributed by atoms with Gasteiger partial charge in [0.25, 0.3) is 0 Å². The Morgan fingerprint density at radius 1 is 1.52 bits per heavy atom. The molecule has 0 spiro atoms. The largest absolute Gasteiger partial charge is 0.491 e. The second-order valence-electron chi connectivity index (χ2n) is 5.68. The minimum absolute atomic E-state index is 0.0536. The van der Waals surface area contributed by atoms with Crippen molar-refractivity contribution in [2.45, 2.75) is 38.6 Å². The van der Waals surface area contributed by atoms with Crippen molar-refractivity contribution in [1.82, 2.24) is 5.32 Å². The molecule has 2 rings (SSSR count). The number of halogens is 1. The Labute approximate surface area is 124 Å². The summed E-state index contributed by atoms with van der Waals surface area (Å²) in [6.07, 6.45) is 2.65. The highest BCUT2D eigenvalue weighted by Gasteiger charge is 2.51. The summed E-state index contributed by atoms with van der Waals surface area (Å²) >= 11 is 0. The van der Waals surface area contributed by atoms with Crippen molar-refractivity contribution in [3.05, 3.63) is 29.6 Å². The first-order chi connectivity index (χ1) is 9.99. The predicted molar refractivity (Wildman–Crippen MR) is 78.0 cm³/mol. The second-order valence-corrected chi connectivity index (χ2v) is 5.68. The molecule has 0 heterocycles. The van der Waals surface area contributed by atoms with Crippen molar-refractivity contribution < 1.29 is 19.0 Å². The summed E-state index contributed by atoms with van der Waals surface area (Å²) in [5.74, 6) is -0.572. The minimum Gasteiger partial charge on any atom is -0.491 e. The summed E-state index contributed by atoms with van der Waals surface area (Å²) in [6.45, 7) is 4.34. The number of carboxylic acid groups (broad SMARTS) is 1. The molecule has 1 aliphatic carbocycles. The van der Waals surface area contributed by atoms with Gasteiger partial charge in [-0.05, 0) is 62.4 Å². The van der Waals surface area contributed by atoms with E-state index in [9.17, 15) is 14.3 Å². The Hall–Kier alpha value is -1.62. The van der Waals surface area contributed by atoms with Gasteiger partial charge in [-0.15, -0.1) is 0 Å². The number of aliphatic carboxylic acids is 1. The lowest BCUT2D eigenvalue weighted by atomic mass is 9.94. The number of hydrogen-bond acceptors (Lipinski definition) is 3. The molecule has 4 nitrogen and oxygen atoms in total. The van der Waals surface area contributed by atoms with Gasteiger partial charge in [0.2, 0.25) is 0 Å². The van der Waals surface area contributed by atoms with Crippen molar-refractivity contribution in [1.29, 1.82) is 0 Å². The van der Waals surface area contributed by atoms with Crippen molar-refractivity contribution in [2.75, 3.05) is 13.2 Å². The SMILES string of the molecule is CCCNC(COc1ccc(F)c(C)c1)(C(=O)O)C1CC1. The summed E-state index contributed by atoms with van der Waals surface area (Å²) in [4.78, 5) is 11.7. The third-order valence-electron chi connectivity index (χ3n) is 3.94. The van der Waals surface area contributed by atoms with Gasteiger partial charge in [-0.25, -0.2) is 4.39 Å². The first-order valence-corrected chi connectivity index (χ1v) is 7.37. The molecule has 1 aromatic carbocycles. The number of hydrogen-bond donors (Lipinski definition) is 2. The lowest BCUT2D eigenvalue weighted by Gasteiger charge is -2.30. The molecule has 0 radical (unpaired) electrons. The van der Waals surface area contributed by atoms with Crippen LogP contribution in [0, 0.1) is 18.7 Å². The fourth-order valence-corrected chi connectivity index (χ4v) is 2.45. The molecule has 0 amide bonds. The molecule has 1 atom stereocenters. The number of benzene rings is 1. The molecular formula is C16H22FNO3. The molecule has 1 aliphatic rings. The number of rotatable bonds is 8. The molecule has 21 heavy (non-hydrogen) atoms. The summed E-state index contributed by atoms with van der Waals surface area (Å²) in [7, 11) is 0. The zero-order valence-electron chi connectivity index (χ0n) is 12.5. The Bertz CT molecular complexity index is 516. The van der Waals surface area contributed by atoms with Crippen molar-refractivity contribution in [3.63, 3.8) is 0 Å². The van der Waals surface area contributed by atoms with E-state index in [1.807, 2.05) is 6.92 Å². The van der Waals surface area contributed by atoms with Crippen LogP contribution in [-0.2, 0) is 4.79 Å². The zero-order chi connectivity index (χ0) is 15.5. The lowest BCUT2D eigenvalue weighted by molar-refractivity contribution is -0.147. The average molecular weight is 295 g/mol. The zero-order valence-corrected chi connectivity index (χ0v) is 12.5. The van der Waals surface area contributed by atoms with Gasteiger partial charge in [-0.1, -0.05) is 6.92 Å². The maximum atomic E-state index is 13.2. The molecule has 5 heteroatoms. The van der Waals surface area contributed by atoms with E-state index in [0.717, 1.165) is 19.3 Å². The van der Waals surface area contributed by atoms with Gasteiger partial charge >= 0.3 is 5.97 Å². The van der Waals surface area contributed by atoms with Crippen LogP contribution in [0.4, 0.5) is 4.39 Å². The number of carboxylic acids is 1. The summed E-state index contributed by atoms with van der Waals surface area (Å²) < 4.78 is 18.9. The molecule has 0 saturated heterocycles. The second kappa shape index (κ2) is 6.43. The standard InChI is InChI=1S/C16H22FNO3/c1-3-8-18-16(15(19)20,12-4-5-12)10-21-13-6-7-14(17)11(2)9-13/h6-7,9,12,18H,3-5,8,10H2,1-2H3,(H,19,20). The highest BCUT2D eigenvalue weighted by atomic mass is 19.1. The van der Waals surface area contributed by atoms with E-state index in [1.54, 1.807) is 13.0 Å². The summed E-state index contributed by atoms with van der Waals surface area (Å²) in [5.41, 5.74) is -0.556. The quantitative estimate of drug-likeness (QED) is 0.774. The van der Waals surface area contributed by atoms with Crippen LogP contribution in [0.5, 0.6) is 5.75 Å². The fraction of sp³-hybridized carbons (Fsp3) is 0.562. The first kappa shape index (κ1) is 15.8. The van der Waals surface area contributed by atoms with Crippen LogP contribution in [0.2, 0.25) is 0 Å². The predicted octanol–water partition coefficient (Wildman–Crippen LogP) is 2.75. The number of nitrogens with one attached hydrogen (secondary N) is 1. The van der Waals surface area contributed by atoms with Crippen LogP contribution in [0.25, 0.3) is 0 Å². The Kier molecular flexibility index (Phi) is 4.83. The topological polar surface area (TPSA) is 58.6 Å². The highest BCUT2D eigenvalue weighted by molar-refractivity contribution is 5.80. The Morgan fingerprint density at radius 2 is 2.24 bits per heavy atom. The van der Waals surface area contributed by atoms with Crippen molar-refractivity contribution in [3.8, 4) is 5.75 Å². The number of carbonyl (C=O) groups is 1. The van der Waals surface area contributed by atoms with E-state index < -0.39 is 11.5 Å². The van der Waals surface area contributed by atoms with E-state index in [4.69, 9.17) is 4.74 Å². The van der Waals surface area contributed by atoms with Gasteiger partial charge in [0.15, 0.2) is 5.54 Å². The summed E-state index contributed by atoms with van der Waals surface area (Å²) in [6, 6.07) is 4.46. The molecule has 1 unspecified atom stereocenters. The molecular weight excluding hydrogens is 273 g/mol. The Morgan fingerprint density at radius 3 is 2.76 bits per heavy atom. The Balaban J connectivity index is 2.10. The smallest absolute Gasteiger partial charge is 0.327 e. The minimum atomic E-state index is -1.04. The van der Waals surface area contributed by atoms with Gasteiger partial charge in [0.05, 0.1) is 0 Å².